The van der Waals surface area contributed by atoms with Gasteiger partial charge in [-0.05, 0) is 51.9 Å². The highest BCUT2D eigenvalue weighted by atomic mass is 32.1. The molecule has 3 heteroatoms. The smallest absolute Gasteiger partial charge is 0.102 e. The number of thiophene rings is 1. The third-order valence-electron chi connectivity index (χ3n) is 4.67. The van der Waals surface area contributed by atoms with E-state index in [9.17, 15) is 0 Å². The van der Waals surface area contributed by atoms with E-state index in [1.54, 1.807) is 11.3 Å². The summed E-state index contributed by atoms with van der Waals surface area (Å²) >= 11 is 1.76. The minimum Gasteiger partial charge on any atom is -0.339 e. The van der Waals surface area contributed by atoms with E-state index >= 15 is 0 Å². The van der Waals surface area contributed by atoms with Crippen LogP contribution in [0.1, 0.15) is 16.7 Å². The van der Waals surface area contributed by atoms with Crippen molar-refractivity contribution in [3.63, 3.8) is 0 Å². The van der Waals surface area contributed by atoms with Crippen molar-refractivity contribution in [2.45, 2.75) is 20.0 Å². The maximum atomic E-state index is 4.38. The summed E-state index contributed by atoms with van der Waals surface area (Å²) in [7, 11) is 0. The third-order valence-corrected chi connectivity index (χ3v) is 5.40. The van der Waals surface area contributed by atoms with Crippen LogP contribution >= 0.6 is 11.3 Å². The molecule has 2 aromatic heterocycles. The second-order valence-corrected chi connectivity index (χ2v) is 7.12. The van der Waals surface area contributed by atoms with E-state index < -0.39 is 0 Å². The molecule has 2 N–H and O–H groups in total. The number of nitrogens with zero attached hydrogens (tertiary/aromatic N) is 1. The molecule has 0 unspecified atom stereocenters. The summed E-state index contributed by atoms with van der Waals surface area (Å²) in [6.45, 7) is 4.15. The van der Waals surface area contributed by atoms with Crippen molar-refractivity contribution < 1.29 is 5.32 Å². The van der Waals surface area contributed by atoms with Gasteiger partial charge in [0, 0.05) is 28.9 Å². The molecule has 0 amide bonds. The van der Waals surface area contributed by atoms with Gasteiger partial charge in [0.2, 0.25) is 0 Å². The van der Waals surface area contributed by atoms with Gasteiger partial charge in [0.05, 0.1) is 0 Å². The average Bonchev–Trinajstić information content (AvgIpc) is 3.16. The van der Waals surface area contributed by atoms with Crippen LogP contribution in [0.3, 0.4) is 0 Å². The number of hydrogen-bond acceptors (Lipinski definition) is 2. The highest BCUT2D eigenvalue weighted by molar-refractivity contribution is 7.07. The molecule has 0 fully saturated rings. The summed E-state index contributed by atoms with van der Waals surface area (Å²) in [4.78, 5) is 4.38. The highest BCUT2D eigenvalue weighted by Crippen LogP contribution is 2.32. The molecule has 0 saturated carbocycles. The summed E-state index contributed by atoms with van der Waals surface area (Å²) in [6.07, 6.45) is 3.90. The van der Waals surface area contributed by atoms with Crippen LogP contribution < -0.4 is 5.32 Å². The van der Waals surface area contributed by atoms with E-state index in [1.807, 2.05) is 12.4 Å². The van der Waals surface area contributed by atoms with Crippen molar-refractivity contribution in [2.24, 2.45) is 0 Å². The van der Waals surface area contributed by atoms with E-state index in [0.717, 1.165) is 13.1 Å². The van der Waals surface area contributed by atoms with Crippen LogP contribution in [0.2, 0.25) is 0 Å². The van der Waals surface area contributed by atoms with Gasteiger partial charge in [-0.2, -0.15) is 11.3 Å². The van der Waals surface area contributed by atoms with E-state index in [1.165, 1.54) is 38.6 Å². The first-order valence-electron chi connectivity index (χ1n) is 8.57. The van der Waals surface area contributed by atoms with Crippen LogP contribution in [-0.2, 0) is 13.1 Å². The molecular formula is C22H21N2S+. The second-order valence-electron chi connectivity index (χ2n) is 6.34. The number of pyridine rings is 1. The lowest BCUT2D eigenvalue weighted by molar-refractivity contribution is -0.686. The summed E-state index contributed by atoms with van der Waals surface area (Å²) in [6, 6.07) is 17.4. The molecule has 0 radical (unpaired) electrons. The first-order valence-corrected chi connectivity index (χ1v) is 9.51. The second kappa shape index (κ2) is 7.18. The number of aromatic nitrogens is 1. The minimum atomic E-state index is 0.964. The molecule has 0 aliphatic rings. The lowest BCUT2D eigenvalue weighted by atomic mass is 9.94. The summed E-state index contributed by atoms with van der Waals surface area (Å²) in [5, 5.41) is 9.25. The first-order chi connectivity index (χ1) is 12.3. The lowest BCUT2D eigenvalue weighted by Crippen LogP contribution is -2.80. The maximum Gasteiger partial charge on any atom is 0.102 e. The Morgan fingerprint density at radius 3 is 2.68 bits per heavy atom. The molecule has 0 saturated heterocycles. The molecule has 124 valence electrons. The largest absolute Gasteiger partial charge is 0.339 e. The predicted octanol–water partition coefficient (Wildman–Crippen LogP) is 4.54. The predicted molar refractivity (Wildman–Crippen MR) is 106 cm³/mol. The van der Waals surface area contributed by atoms with Crippen molar-refractivity contribution in [3.05, 3.63) is 88.4 Å². The van der Waals surface area contributed by atoms with Crippen molar-refractivity contribution in [1.82, 2.24) is 4.98 Å². The minimum absolute atomic E-state index is 0.964. The molecule has 25 heavy (non-hydrogen) atoms. The molecule has 0 atom stereocenters. The zero-order chi connectivity index (χ0) is 17.1. The summed E-state index contributed by atoms with van der Waals surface area (Å²) in [5.41, 5.74) is 6.63. The van der Waals surface area contributed by atoms with E-state index in [-0.39, 0.29) is 0 Å². The van der Waals surface area contributed by atoms with E-state index in [2.05, 4.69) is 76.5 Å². The first kappa shape index (κ1) is 16.0. The molecule has 2 nitrogen and oxygen atoms in total. The van der Waals surface area contributed by atoms with Gasteiger partial charge < -0.3 is 5.32 Å². The number of quaternary nitrogens is 1. The van der Waals surface area contributed by atoms with Crippen LogP contribution in [0.5, 0.6) is 0 Å². The maximum absolute atomic E-state index is 4.38. The Bertz CT molecular complexity index is 990. The lowest BCUT2D eigenvalue weighted by Gasteiger charge is -2.12. The van der Waals surface area contributed by atoms with E-state index in [0.29, 0.717) is 0 Å². The molecule has 0 spiro atoms. The van der Waals surface area contributed by atoms with Crippen LogP contribution in [0.4, 0.5) is 0 Å². The number of aryl methyl sites for hydroxylation is 1. The van der Waals surface area contributed by atoms with Crippen LogP contribution in [0.15, 0.2) is 71.7 Å². The molecule has 0 aliphatic heterocycles. The van der Waals surface area contributed by atoms with Crippen LogP contribution in [0.25, 0.3) is 21.9 Å². The molecule has 0 bridgehead atoms. The van der Waals surface area contributed by atoms with Gasteiger partial charge in [0.15, 0.2) is 0 Å². The van der Waals surface area contributed by atoms with Crippen LogP contribution in [0, 0.1) is 6.92 Å². The quantitative estimate of drug-likeness (QED) is 0.565. The Hall–Kier alpha value is -2.49. The van der Waals surface area contributed by atoms with Gasteiger partial charge >= 0.3 is 0 Å². The highest BCUT2D eigenvalue weighted by Gasteiger charge is 2.10. The number of rotatable bonds is 5. The standard InChI is InChI=1S/C22H20N2S/c1-16-4-2-3-5-19(16)20-7-6-18(22-14-23-10-8-21(20)22)13-24-12-17-9-11-25-15-17/h2-11,14-15,24H,12-13H2,1H3/p+1. The fourth-order valence-corrected chi connectivity index (χ4v) is 4.02. The fraction of sp³-hybridized carbons (Fsp3) is 0.136. The number of benzene rings is 2. The van der Waals surface area contributed by atoms with Gasteiger partial charge in [0.1, 0.15) is 13.1 Å². The fourth-order valence-electron chi connectivity index (χ4n) is 3.34. The average molecular weight is 345 g/mol. The molecular weight excluding hydrogens is 324 g/mol. The van der Waals surface area contributed by atoms with E-state index in [4.69, 9.17) is 0 Å². The zero-order valence-corrected chi connectivity index (χ0v) is 15.1. The van der Waals surface area contributed by atoms with Crippen molar-refractivity contribution in [3.8, 4) is 11.1 Å². The Labute approximate surface area is 152 Å². The Morgan fingerprint density at radius 2 is 1.84 bits per heavy atom. The van der Waals surface area contributed by atoms with Gasteiger partial charge in [0.25, 0.3) is 0 Å². The Kier molecular flexibility index (Phi) is 4.59. The molecule has 2 aromatic carbocycles. The van der Waals surface area contributed by atoms with Gasteiger partial charge in [-0.1, -0.05) is 36.4 Å². The van der Waals surface area contributed by atoms with Gasteiger partial charge in [-0.15, -0.1) is 0 Å². The van der Waals surface area contributed by atoms with Crippen molar-refractivity contribution >= 4 is 22.1 Å². The topological polar surface area (TPSA) is 29.5 Å². The van der Waals surface area contributed by atoms with Crippen molar-refractivity contribution in [1.29, 1.82) is 0 Å². The molecule has 0 aliphatic carbocycles. The van der Waals surface area contributed by atoms with Crippen LogP contribution in [-0.4, -0.2) is 4.98 Å². The zero-order valence-electron chi connectivity index (χ0n) is 14.3. The monoisotopic (exact) mass is 345 g/mol. The number of nitrogens with two attached hydrogens (primary N) is 1. The van der Waals surface area contributed by atoms with Gasteiger partial charge in [-0.25, -0.2) is 0 Å². The summed E-state index contributed by atoms with van der Waals surface area (Å²) < 4.78 is 0. The molecule has 2 heterocycles. The Morgan fingerprint density at radius 1 is 0.920 bits per heavy atom. The Balaban J connectivity index is 1.68. The molecule has 4 aromatic rings. The number of fused-ring (bicyclic) bond motifs is 1. The third kappa shape index (κ3) is 3.34. The number of hydrogen-bond donors (Lipinski definition) is 1. The SMILES string of the molecule is Cc1ccccc1-c1ccc(C[NH2+]Cc2ccsc2)c2cnccc12. The molecule has 4 rings (SSSR count). The van der Waals surface area contributed by atoms with Gasteiger partial charge in [-0.3, -0.25) is 4.98 Å². The summed E-state index contributed by atoms with van der Waals surface area (Å²) in [5.74, 6) is 0. The van der Waals surface area contributed by atoms with Crippen molar-refractivity contribution in [2.75, 3.05) is 0 Å². The normalized spacial score (nSPS) is 11.1.